The van der Waals surface area contributed by atoms with Gasteiger partial charge >= 0.3 is 0 Å². The van der Waals surface area contributed by atoms with Crippen LogP contribution in [-0.4, -0.2) is 60.1 Å². The Bertz CT molecular complexity index is 875. The molecule has 2 aliphatic heterocycles. The third kappa shape index (κ3) is 5.18. The summed E-state index contributed by atoms with van der Waals surface area (Å²) in [5.74, 6) is 2.17. The van der Waals surface area contributed by atoms with E-state index < -0.39 is 0 Å². The number of hydrogen-bond acceptors (Lipinski definition) is 7. The Labute approximate surface area is 177 Å². The summed E-state index contributed by atoms with van der Waals surface area (Å²) in [4.78, 5) is 24.8. The number of carbonyl (C=O) groups excluding carboxylic acids is 1. The minimum Gasteiger partial charge on any atom is -0.494 e. The SMILES string of the molecule is Cc1cc(N2CCN(CCCCOc3ccc4c(c3)NC(=O)CC4)CC2)nc(N)n1. The molecule has 0 saturated carbocycles. The lowest BCUT2D eigenvalue weighted by Gasteiger charge is -2.35. The fourth-order valence-electron chi connectivity index (χ4n) is 4.01. The molecule has 3 N–H and O–H groups in total. The molecule has 1 saturated heterocycles. The minimum absolute atomic E-state index is 0.0815. The van der Waals surface area contributed by atoms with Crippen molar-refractivity contribution in [3.05, 3.63) is 35.5 Å². The van der Waals surface area contributed by atoms with Gasteiger partial charge in [0.25, 0.3) is 0 Å². The number of anilines is 3. The van der Waals surface area contributed by atoms with Crippen molar-refractivity contribution >= 4 is 23.4 Å². The number of rotatable bonds is 7. The highest BCUT2D eigenvalue weighted by Crippen LogP contribution is 2.27. The maximum atomic E-state index is 11.5. The molecule has 1 aromatic carbocycles. The topological polar surface area (TPSA) is 96.6 Å². The number of piperazine rings is 1. The summed E-state index contributed by atoms with van der Waals surface area (Å²) in [6, 6.07) is 7.98. The Morgan fingerprint density at radius 2 is 1.93 bits per heavy atom. The molecule has 8 heteroatoms. The molecule has 4 rings (SSSR count). The molecule has 8 nitrogen and oxygen atoms in total. The molecule has 1 fully saturated rings. The number of benzene rings is 1. The summed E-state index contributed by atoms with van der Waals surface area (Å²) in [5.41, 5.74) is 8.76. The molecule has 0 spiro atoms. The van der Waals surface area contributed by atoms with Crippen molar-refractivity contribution in [1.29, 1.82) is 0 Å². The molecule has 1 amide bonds. The first-order valence-corrected chi connectivity index (χ1v) is 10.7. The van der Waals surface area contributed by atoms with Gasteiger partial charge in [0.2, 0.25) is 11.9 Å². The Morgan fingerprint density at radius 1 is 1.10 bits per heavy atom. The first-order chi connectivity index (χ1) is 14.6. The molecule has 2 aromatic rings. The summed E-state index contributed by atoms with van der Waals surface area (Å²) >= 11 is 0. The number of amides is 1. The third-order valence-electron chi connectivity index (χ3n) is 5.67. The molecule has 2 aliphatic rings. The maximum Gasteiger partial charge on any atom is 0.224 e. The molecule has 0 radical (unpaired) electrons. The normalized spacial score (nSPS) is 16.8. The smallest absolute Gasteiger partial charge is 0.224 e. The zero-order chi connectivity index (χ0) is 20.9. The lowest BCUT2D eigenvalue weighted by atomic mass is 10.0. The number of fused-ring (bicyclic) bond motifs is 1. The second kappa shape index (κ2) is 9.30. The number of unbranched alkanes of at least 4 members (excludes halogenated alkanes) is 1. The van der Waals surface area contributed by atoms with Gasteiger partial charge < -0.3 is 20.7 Å². The monoisotopic (exact) mass is 410 g/mol. The minimum atomic E-state index is 0.0815. The number of hydrogen-bond donors (Lipinski definition) is 2. The van der Waals surface area contributed by atoms with Crippen molar-refractivity contribution in [1.82, 2.24) is 14.9 Å². The summed E-state index contributed by atoms with van der Waals surface area (Å²) in [6.45, 7) is 7.65. The summed E-state index contributed by atoms with van der Waals surface area (Å²) in [5, 5.41) is 2.92. The highest BCUT2D eigenvalue weighted by Gasteiger charge is 2.18. The predicted molar refractivity (Wildman–Crippen MR) is 118 cm³/mol. The van der Waals surface area contributed by atoms with E-state index in [1.165, 1.54) is 5.56 Å². The van der Waals surface area contributed by atoms with Crippen molar-refractivity contribution in [2.24, 2.45) is 0 Å². The number of nitrogens with two attached hydrogens (primary N) is 1. The van der Waals surface area contributed by atoms with Gasteiger partial charge in [-0.3, -0.25) is 9.69 Å². The fraction of sp³-hybridized carbons (Fsp3) is 0.500. The van der Waals surface area contributed by atoms with Gasteiger partial charge in [-0.05, 0) is 44.4 Å². The van der Waals surface area contributed by atoms with E-state index in [1.807, 2.05) is 25.1 Å². The van der Waals surface area contributed by atoms with E-state index in [0.29, 0.717) is 19.0 Å². The summed E-state index contributed by atoms with van der Waals surface area (Å²) in [7, 11) is 0. The number of carbonyl (C=O) groups is 1. The second-order valence-electron chi connectivity index (χ2n) is 7.98. The van der Waals surface area contributed by atoms with Crippen LogP contribution in [0.4, 0.5) is 17.5 Å². The van der Waals surface area contributed by atoms with Crippen molar-refractivity contribution in [2.75, 3.05) is 55.3 Å². The van der Waals surface area contributed by atoms with E-state index >= 15 is 0 Å². The average Bonchev–Trinajstić information content (AvgIpc) is 2.73. The fourth-order valence-corrected chi connectivity index (χ4v) is 4.01. The van der Waals surface area contributed by atoms with Gasteiger partial charge in [0, 0.05) is 56.1 Å². The van der Waals surface area contributed by atoms with Gasteiger partial charge in [-0.25, -0.2) is 4.98 Å². The first kappa shape index (κ1) is 20.4. The summed E-state index contributed by atoms with van der Waals surface area (Å²) < 4.78 is 5.89. The lowest BCUT2D eigenvalue weighted by molar-refractivity contribution is -0.116. The van der Waals surface area contributed by atoms with Crippen LogP contribution in [0.1, 0.15) is 30.5 Å². The number of nitrogens with one attached hydrogen (secondary N) is 1. The molecule has 0 atom stereocenters. The maximum absolute atomic E-state index is 11.5. The van der Waals surface area contributed by atoms with Gasteiger partial charge in [-0.2, -0.15) is 4.98 Å². The van der Waals surface area contributed by atoms with Crippen molar-refractivity contribution in [3.8, 4) is 5.75 Å². The van der Waals surface area contributed by atoms with Crippen LogP contribution in [0.3, 0.4) is 0 Å². The molecule has 0 aliphatic carbocycles. The summed E-state index contributed by atoms with van der Waals surface area (Å²) in [6.07, 6.45) is 3.47. The number of nitrogens with zero attached hydrogens (tertiary/aromatic N) is 4. The van der Waals surface area contributed by atoms with Crippen LogP contribution in [0.5, 0.6) is 5.75 Å². The quantitative estimate of drug-likeness (QED) is 0.676. The largest absolute Gasteiger partial charge is 0.494 e. The zero-order valence-electron chi connectivity index (χ0n) is 17.6. The van der Waals surface area contributed by atoms with Gasteiger partial charge in [0.1, 0.15) is 11.6 Å². The Balaban J connectivity index is 1.15. The Morgan fingerprint density at radius 3 is 2.73 bits per heavy atom. The van der Waals surface area contributed by atoms with Crippen LogP contribution in [0, 0.1) is 6.92 Å². The van der Waals surface area contributed by atoms with E-state index in [0.717, 1.165) is 74.9 Å². The third-order valence-corrected chi connectivity index (χ3v) is 5.67. The number of aryl methyl sites for hydroxylation is 2. The van der Waals surface area contributed by atoms with E-state index in [-0.39, 0.29) is 5.91 Å². The van der Waals surface area contributed by atoms with Crippen molar-refractivity contribution in [3.63, 3.8) is 0 Å². The molecule has 160 valence electrons. The molecular weight excluding hydrogens is 380 g/mol. The Hall–Kier alpha value is -2.87. The zero-order valence-corrected chi connectivity index (χ0v) is 17.6. The highest BCUT2D eigenvalue weighted by molar-refractivity contribution is 5.94. The van der Waals surface area contributed by atoms with Crippen LogP contribution in [0.15, 0.2) is 24.3 Å². The van der Waals surface area contributed by atoms with Gasteiger partial charge in [0.05, 0.1) is 6.61 Å². The molecule has 1 aromatic heterocycles. The van der Waals surface area contributed by atoms with Crippen molar-refractivity contribution in [2.45, 2.75) is 32.6 Å². The predicted octanol–water partition coefficient (Wildman–Crippen LogP) is 2.23. The second-order valence-corrected chi connectivity index (χ2v) is 7.98. The van der Waals surface area contributed by atoms with Crippen LogP contribution < -0.4 is 20.7 Å². The van der Waals surface area contributed by atoms with Crippen LogP contribution in [-0.2, 0) is 11.2 Å². The van der Waals surface area contributed by atoms with Crippen molar-refractivity contribution < 1.29 is 9.53 Å². The first-order valence-electron chi connectivity index (χ1n) is 10.7. The number of nitrogen functional groups attached to an aromatic ring is 1. The molecule has 0 bridgehead atoms. The molecule has 0 unspecified atom stereocenters. The lowest BCUT2D eigenvalue weighted by Crippen LogP contribution is -2.47. The standard InChI is InChI=1S/C22H30N6O2/c1-16-14-20(26-22(23)24-16)28-11-9-27(10-12-28)8-2-3-13-30-18-6-4-17-5-7-21(29)25-19(17)15-18/h4,6,14-15H,2-3,5,7-13H2,1H3,(H,25,29)(H2,23,24,26). The van der Waals surface area contributed by atoms with Gasteiger partial charge in [0.15, 0.2) is 0 Å². The van der Waals surface area contributed by atoms with E-state index in [1.54, 1.807) is 0 Å². The Kier molecular flexibility index (Phi) is 6.32. The van der Waals surface area contributed by atoms with E-state index in [2.05, 4.69) is 31.2 Å². The molecular formula is C22H30N6O2. The van der Waals surface area contributed by atoms with Gasteiger partial charge in [-0.1, -0.05) is 6.07 Å². The van der Waals surface area contributed by atoms with Crippen LogP contribution in [0.25, 0.3) is 0 Å². The van der Waals surface area contributed by atoms with E-state index in [4.69, 9.17) is 10.5 Å². The van der Waals surface area contributed by atoms with E-state index in [9.17, 15) is 4.79 Å². The molecule has 3 heterocycles. The molecule has 30 heavy (non-hydrogen) atoms. The number of ether oxygens (including phenoxy) is 1. The van der Waals surface area contributed by atoms with Crippen LogP contribution in [0.2, 0.25) is 0 Å². The van der Waals surface area contributed by atoms with Gasteiger partial charge in [-0.15, -0.1) is 0 Å². The highest BCUT2D eigenvalue weighted by atomic mass is 16.5. The van der Waals surface area contributed by atoms with Crippen LogP contribution >= 0.6 is 0 Å². The average molecular weight is 411 g/mol. The number of aromatic nitrogens is 2.